The van der Waals surface area contributed by atoms with Gasteiger partial charge in [0.2, 0.25) is 0 Å². The third-order valence-electron chi connectivity index (χ3n) is 2.73. The van der Waals surface area contributed by atoms with Crippen LogP contribution in [0.1, 0.15) is 19.8 Å². The molecular weight excluding hydrogens is 283 g/mol. The summed E-state index contributed by atoms with van der Waals surface area (Å²) in [7, 11) is 1.26. The van der Waals surface area contributed by atoms with Gasteiger partial charge in [-0.2, -0.15) is 13.2 Å². The molecule has 0 aromatic carbocycles. The van der Waals surface area contributed by atoms with Crippen LogP contribution in [-0.4, -0.2) is 50.2 Å². The van der Waals surface area contributed by atoms with Gasteiger partial charge < -0.3 is 19.5 Å². The average Bonchev–Trinajstić information content (AvgIpc) is 2.36. The number of methoxy groups -OCH3 is 1. The van der Waals surface area contributed by atoms with Crippen LogP contribution in [0.15, 0.2) is 0 Å². The number of halogens is 3. The molecule has 0 saturated carbocycles. The standard InChI is InChI=1S/C11H16F3NO5/c1-6(16)19-5-7-3-4-8(9(18-2)20-7)15-10(17)11(12,13)14/h7-9H,3-5H2,1-2H3,(H,15,17)/t7-,8+,9-/m1/s1. The molecule has 1 N–H and O–H groups in total. The second kappa shape index (κ2) is 6.89. The number of alkyl halides is 3. The second-order valence-electron chi connectivity index (χ2n) is 4.32. The molecule has 0 bridgehead atoms. The van der Waals surface area contributed by atoms with E-state index in [0.717, 1.165) is 0 Å². The lowest BCUT2D eigenvalue weighted by atomic mass is 10.0. The van der Waals surface area contributed by atoms with E-state index < -0.39 is 36.5 Å². The van der Waals surface area contributed by atoms with Crippen molar-refractivity contribution >= 4 is 11.9 Å². The first-order valence-corrected chi connectivity index (χ1v) is 5.93. The van der Waals surface area contributed by atoms with E-state index in [9.17, 15) is 22.8 Å². The maximum absolute atomic E-state index is 12.2. The highest BCUT2D eigenvalue weighted by Gasteiger charge is 2.42. The van der Waals surface area contributed by atoms with Gasteiger partial charge in [0.05, 0.1) is 12.1 Å². The highest BCUT2D eigenvalue weighted by Crippen LogP contribution is 2.22. The van der Waals surface area contributed by atoms with Crippen LogP contribution in [0.2, 0.25) is 0 Å². The number of hydrogen-bond acceptors (Lipinski definition) is 5. The van der Waals surface area contributed by atoms with Gasteiger partial charge in [-0.25, -0.2) is 0 Å². The summed E-state index contributed by atoms with van der Waals surface area (Å²) in [6.07, 6.45) is -5.87. The molecule has 0 spiro atoms. The molecule has 0 radical (unpaired) electrons. The van der Waals surface area contributed by atoms with E-state index in [1.165, 1.54) is 14.0 Å². The Morgan fingerprint density at radius 3 is 2.50 bits per heavy atom. The van der Waals surface area contributed by atoms with Crippen LogP contribution in [0, 0.1) is 0 Å². The summed E-state index contributed by atoms with van der Waals surface area (Å²) >= 11 is 0. The lowest BCUT2D eigenvalue weighted by Crippen LogP contribution is -2.53. The molecule has 3 atom stereocenters. The topological polar surface area (TPSA) is 73.9 Å². The number of hydrogen-bond donors (Lipinski definition) is 1. The molecule has 1 heterocycles. The van der Waals surface area contributed by atoms with Crippen molar-refractivity contribution in [3.63, 3.8) is 0 Å². The number of ether oxygens (including phenoxy) is 3. The van der Waals surface area contributed by atoms with Crippen molar-refractivity contribution in [1.29, 1.82) is 0 Å². The smallest absolute Gasteiger partial charge is 0.463 e. The van der Waals surface area contributed by atoms with Gasteiger partial charge in [0, 0.05) is 14.0 Å². The molecule has 9 heteroatoms. The summed E-state index contributed by atoms with van der Waals surface area (Å²) in [5, 5.41) is 1.82. The molecule has 1 aliphatic rings. The molecule has 116 valence electrons. The van der Waals surface area contributed by atoms with Gasteiger partial charge in [-0.3, -0.25) is 9.59 Å². The summed E-state index contributed by atoms with van der Waals surface area (Å²) in [6.45, 7) is 1.23. The van der Waals surface area contributed by atoms with Crippen molar-refractivity contribution in [2.24, 2.45) is 0 Å². The Morgan fingerprint density at radius 2 is 2.00 bits per heavy atom. The zero-order valence-corrected chi connectivity index (χ0v) is 11.0. The first-order chi connectivity index (χ1) is 9.24. The van der Waals surface area contributed by atoms with Crippen LogP contribution in [0.25, 0.3) is 0 Å². The van der Waals surface area contributed by atoms with Crippen LogP contribution < -0.4 is 5.32 Å². The number of rotatable bonds is 4. The van der Waals surface area contributed by atoms with Crippen molar-refractivity contribution in [2.75, 3.05) is 13.7 Å². The maximum Gasteiger partial charge on any atom is 0.471 e. The molecule has 1 amide bonds. The summed E-state index contributed by atoms with van der Waals surface area (Å²) in [6, 6.07) is -0.900. The fourth-order valence-electron chi connectivity index (χ4n) is 1.80. The van der Waals surface area contributed by atoms with Gasteiger partial charge in [-0.05, 0) is 12.8 Å². The van der Waals surface area contributed by atoms with E-state index in [1.54, 1.807) is 0 Å². The summed E-state index contributed by atoms with van der Waals surface area (Å²) in [5.74, 6) is -2.51. The first-order valence-electron chi connectivity index (χ1n) is 5.93. The highest BCUT2D eigenvalue weighted by molar-refractivity contribution is 5.82. The molecule has 0 aromatic rings. The maximum atomic E-state index is 12.2. The molecule has 0 aliphatic carbocycles. The van der Waals surface area contributed by atoms with Crippen molar-refractivity contribution in [1.82, 2.24) is 5.32 Å². The summed E-state index contributed by atoms with van der Waals surface area (Å²) < 4.78 is 51.5. The highest BCUT2D eigenvalue weighted by atomic mass is 19.4. The Hall–Kier alpha value is -1.35. The quantitative estimate of drug-likeness (QED) is 0.775. The predicted molar refractivity (Wildman–Crippen MR) is 59.5 cm³/mol. The van der Waals surface area contributed by atoms with Crippen LogP contribution in [-0.2, 0) is 23.8 Å². The second-order valence-corrected chi connectivity index (χ2v) is 4.32. The lowest BCUT2D eigenvalue weighted by molar-refractivity contribution is -0.212. The molecule has 1 saturated heterocycles. The number of carbonyl (C=O) groups excluding carboxylic acids is 2. The minimum Gasteiger partial charge on any atom is -0.463 e. The SMILES string of the molecule is CO[C@@H]1O[C@@H](COC(C)=O)CC[C@@H]1NC(=O)C(F)(F)F. The molecule has 0 unspecified atom stereocenters. The van der Waals surface area contributed by atoms with E-state index in [4.69, 9.17) is 14.2 Å². The minimum atomic E-state index is -4.95. The summed E-state index contributed by atoms with van der Waals surface area (Å²) in [4.78, 5) is 21.5. The Balaban J connectivity index is 2.52. The van der Waals surface area contributed by atoms with Crippen LogP contribution >= 0.6 is 0 Å². The van der Waals surface area contributed by atoms with Gasteiger partial charge in [0.25, 0.3) is 0 Å². The zero-order valence-electron chi connectivity index (χ0n) is 11.0. The Kier molecular flexibility index (Phi) is 5.75. The monoisotopic (exact) mass is 299 g/mol. The average molecular weight is 299 g/mol. The lowest BCUT2D eigenvalue weighted by Gasteiger charge is -2.35. The van der Waals surface area contributed by atoms with Crippen molar-refractivity contribution < 1.29 is 37.0 Å². The zero-order chi connectivity index (χ0) is 15.3. The van der Waals surface area contributed by atoms with Gasteiger partial charge in [0.1, 0.15) is 6.61 Å². The predicted octanol–water partition coefficient (Wildman–Crippen LogP) is 0.748. The molecular formula is C11H16F3NO5. The fourth-order valence-corrected chi connectivity index (χ4v) is 1.80. The molecule has 1 fully saturated rings. The van der Waals surface area contributed by atoms with Crippen LogP contribution in [0.4, 0.5) is 13.2 Å². The minimum absolute atomic E-state index is 0.00483. The van der Waals surface area contributed by atoms with Crippen molar-refractivity contribution in [2.45, 2.75) is 44.4 Å². The van der Waals surface area contributed by atoms with Crippen LogP contribution in [0.3, 0.4) is 0 Å². The van der Waals surface area contributed by atoms with Crippen LogP contribution in [0.5, 0.6) is 0 Å². The molecule has 1 aliphatic heterocycles. The van der Waals surface area contributed by atoms with E-state index in [-0.39, 0.29) is 13.0 Å². The normalized spacial score (nSPS) is 26.9. The van der Waals surface area contributed by atoms with E-state index in [2.05, 4.69) is 0 Å². The van der Waals surface area contributed by atoms with Gasteiger partial charge in [-0.1, -0.05) is 0 Å². The van der Waals surface area contributed by atoms with E-state index in [0.29, 0.717) is 6.42 Å². The number of nitrogens with one attached hydrogen (secondary N) is 1. The molecule has 6 nitrogen and oxygen atoms in total. The molecule has 0 aromatic heterocycles. The van der Waals surface area contributed by atoms with Crippen molar-refractivity contribution in [3.05, 3.63) is 0 Å². The molecule has 1 rings (SSSR count). The fraction of sp³-hybridized carbons (Fsp3) is 0.818. The van der Waals surface area contributed by atoms with E-state index in [1.807, 2.05) is 5.32 Å². The first kappa shape index (κ1) is 16.7. The van der Waals surface area contributed by atoms with Gasteiger partial charge in [-0.15, -0.1) is 0 Å². The van der Waals surface area contributed by atoms with Gasteiger partial charge >= 0.3 is 18.1 Å². The van der Waals surface area contributed by atoms with Crippen molar-refractivity contribution in [3.8, 4) is 0 Å². The Bertz CT molecular complexity index is 360. The third kappa shape index (κ3) is 4.97. The van der Waals surface area contributed by atoms with Gasteiger partial charge in [0.15, 0.2) is 6.29 Å². The molecule has 20 heavy (non-hydrogen) atoms. The third-order valence-corrected chi connectivity index (χ3v) is 2.73. The Labute approximate surface area is 113 Å². The van der Waals surface area contributed by atoms with E-state index >= 15 is 0 Å². The summed E-state index contributed by atoms with van der Waals surface area (Å²) in [5.41, 5.74) is 0. The number of esters is 1. The Morgan fingerprint density at radius 1 is 1.35 bits per heavy atom. The number of carbonyl (C=O) groups is 2. The largest absolute Gasteiger partial charge is 0.471 e. The number of amides is 1.